The van der Waals surface area contributed by atoms with Gasteiger partial charge in [-0.3, -0.25) is 4.99 Å². The molecule has 1 aliphatic rings. The van der Waals surface area contributed by atoms with Gasteiger partial charge in [0.1, 0.15) is 5.82 Å². The van der Waals surface area contributed by atoms with Crippen molar-refractivity contribution in [2.24, 2.45) is 10.7 Å². The van der Waals surface area contributed by atoms with Crippen LogP contribution in [0.15, 0.2) is 29.3 Å². The smallest absolute Gasteiger partial charge is 0.191 e. The van der Waals surface area contributed by atoms with Crippen molar-refractivity contribution < 1.29 is 4.39 Å². The topological polar surface area (TPSA) is 41.6 Å². The van der Waals surface area contributed by atoms with Crippen molar-refractivity contribution in [2.45, 2.75) is 44.9 Å². The lowest BCUT2D eigenvalue weighted by Gasteiger charge is -2.26. The van der Waals surface area contributed by atoms with Gasteiger partial charge in [-0.2, -0.15) is 0 Å². The third kappa shape index (κ3) is 5.41. The highest BCUT2D eigenvalue weighted by Crippen LogP contribution is 2.24. The number of likely N-dealkylation sites (tertiary alicyclic amines) is 1. The molecule has 0 spiro atoms. The van der Waals surface area contributed by atoms with Crippen molar-refractivity contribution in [1.29, 1.82) is 0 Å². The minimum absolute atomic E-state index is 0. The van der Waals surface area contributed by atoms with Crippen LogP contribution in [0.4, 0.5) is 4.39 Å². The van der Waals surface area contributed by atoms with Crippen molar-refractivity contribution in [1.82, 2.24) is 4.90 Å². The number of nitrogens with zero attached hydrogens (tertiary/aromatic N) is 2. The van der Waals surface area contributed by atoms with E-state index in [1.807, 2.05) is 6.07 Å². The summed E-state index contributed by atoms with van der Waals surface area (Å²) in [7, 11) is 0. The summed E-state index contributed by atoms with van der Waals surface area (Å²) in [6.07, 6.45) is 4.92. The molecule has 124 valence electrons. The van der Waals surface area contributed by atoms with E-state index in [1.54, 1.807) is 12.1 Å². The van der Waals surface area contributed by atoms with E-state index in [1.165, 1.54) is 31.7 Å². The maximum Gasteiger partial charge on any atom is 0.191 e. The van der Waals surface area contributed by atoms with Crippen LogP contribution in [0, 0.1) is 5.82 Å². The van der Waals surface area contributed by atoms with Gasteiger partial charge < -0.3 is 10.6 Å². The van der Waals surface area contributed by atoms with E-state index in [2.05, 4.69) is 23.7 Å². The predicted molar refractivity (Wildman–Crippen MR) is 101 cm³/mol. The zero-order valence-electron chi connectivity index (χ0n) is 13.5. The number of guanidine groups is 1. The predicted octanol–water partition coefficient (Wildman–Crippen LogP) is 3.91. The first kappa shape index (κ1) is 19.2. The molecule has 5 heteroatoms. The third-order valence-corrected chi connectivity index (χ3v) is 4.17. The van der Waals surface area contributed by atoms with Gasteiger partial charge in [-0.05, 0) is 30.5 Å². The third-order valence-electron chi connectivity index (χ3n) is 4.17. The van der Waals surface area contributed by atoms with E-state index >= 15 is 0 Å². The van der Waals surface area contributed by atoms with Gasteiger partial charge in [0.25, 0.3) is 0 Å². The van der Waals surface area contributed by atoms with Crippen LogP contribution in [-0.4, -0.2) is 30.5 Å². The first-order valence-electron chi connectivity index (χ1n) is 7.80. The van der Waals surface area contributed by atoms with E-state index < -0.39 is 0 Å². The first-order chi connectivity index (χ1) is 9.99. The SMILES string of the molecule is CC(C)(CN=C(N)N1CCCCCC1)c1cccc(F)c1.I. The van der Waals surface area contributed by atoms with Crippen LogP contribution >= 0.6 is 24.0 Å². The van der Waals surface area contributed by atoms with Gasteiger partial charge >= 0.3 is 0 Å². The quantitative estimate of drug-likeness (QED) is 0.459. The highest BCUT2D eigenvalue weighted by atomic mass is 127. The molecule has 0 aromatic heterocycles. The molecular weight excluding hydrogens is 392 g/mol. The Labute approximate surface area is 150 Å². The molecule has 1 fully saturated rings. The summed E-state index contributed by atoms with van der Waals surface area (Å²) in [5.74, 6) is 0.423. The zero-order chi connectivity index (χ0) is 15.3. The Balaban J connectivity index is 0.00000242. The number of hydrogen-bond donors (Lipinski definition) is 1. The molecule has 0 amide bonds. The van der Waals surface area contributed by atoms with Gasteiger partial charge in [0.2, 0.25) is 0 Å². The van der Waals surface area contributed by atoms with E-state index in [-0.39, 0.29) is 35.2 Å². The molecule has 1 aromatic carbocycles. The largest absolute Gasteiger partial charge is 0.370 e. The second kappa shape index (κ2) is 8.70. The van der Waals surface area contributed by atoms with Crippen molar-refractivity contribution in [2.75, 3.05) is 19.6 Å². The average Bonchev–Trinajstić information content (AvgIpc) is 2.74. The lowest BCUT2D eigenvalue weighted by Crippen LogP contribution is -2.39. The van der Waals surface area contributed by atoms with Crippen LogP contribution in [0.5, 0.6) is 0 Å². The molecule has 0 unspecified atom stereocenters. The van der Waals surface area contributed by atoms with E-state index in [9.17, 15) is 4.39 Å². The summed E-state index contributed by atoms with van der Waals surface area (Å²) in [6, 6.07) is 6.74. The highest BCUT2D eigenvalue weighted by Gasteiger charge is 2.21. The molecule has 0 saturated carbocycles. The Morgan fingerprint density at radius 2 is 1.86 bits per heavy atom. The van der Waals surface area contributed by atoms with Gasteiger partial charge in [-0.1, -0.05) is 38.8 Å². The number of benzene rings is 1. The summed E-state index contributed by atoms with van der Waals surface area (Å²) in [5, 5.41) is 0. The maximum absolute atomic E-state index is 13.4. The van der Waals surface area contributed by atoms with Crippen LogP contribution in [0.2, 0.25) is 0 Å². The van der Waals surface area contributed by atoms with E-state index in [4.69, 9.17) is 5.73 Å². The fourth-order valence-electron chi connectivity index (χ4n) is 2.68. The van der Waals surface area contributed by atoms with E-state index in [0.717, 1.165) is 18.7 Å². The number of rotatable bonds is 3. The molecule has 0 bridgehead atoms. The van der Waals surface area contributed by atoms with Gasteiger partial charge in [-0.15, -0.1) is 24.0 Å². The molecule has 2 rings (SSSR count). The first-order valence-corrected chi connectivity index (χ1v) is 7.80. The number of aliphatic imine (C=N–C) groups is 1. The van der Waals surface area contributed by atoms with Gasteiger partial charge in [0, 0.05) is 18.5 Å². The lowest BCUT2D eigenvalue weighted by molar-refractivity contribution is 0.424. The van der Waals surface area contributed by atoms with Crippen molar-refractivity contribution in [3.63, 3.8) is 0 Å². The minimum Gasteiger partial charge on any atom is -0.370 e. The summed E-state index contributed by atoms with van der Waals surface area (Å²) in [6.45, 7) is 6.70. The van der Waals surface area contributed by atoms with E-state index in [0.29, 0.717) is 12.5 Å². The monoisotopic (exact) mass is 419 g/mol. The zero-order valence-corrected chi connectivity index (χ0v) is 15.8. The Bertz CT molecular complexity index is 494. The summed E-state index contributed by atoms with van der Waals surface area (Å²) in [4.78, 5) is 6.74. The van der Waals surface area contributed by atoms with Crippen LogP contribution in [0.1, 0.15) is 45.1 Å². The van der Waals surface area contributed by atoms with Crippen LogP contribution < -0.4 is 5.73 Å². The molecule has 1 saturated heterocycles. The summed E-state index contributed by atoms with van der Waals surface area (Å²) in [5.41, 5.74) is 6.86. The Morgan fingerprint density at radius 1 is 1.23 bits per heavy atom. The second-order valence-electron chi connectivity index (χ2n) is 6.47. The Hall–Kier alpha value is -0.850. The maximum atomic E-state index is 13.4. The van der Waals surface area contributed by atoms with Gasteiger partial charge in [-0.25, -0.2) is 4.39 Å². The Morgan fingerprint density at radius 3 is 2.45 bits per heavy atom. The Kier molecular flexibility index (Phi) is 7.59. The summed E-state index contributed by atoms with van der Waals surface area (Å²) >= 11 is 0. The van der Waals surface area contributed by atoms with Crippen LogP contribution in [0.3, 0.4) is 0 Å². The highest BCUT2D eigenvalue weighted by molar-refractivity contribution is 14.0. The molecular formula is C17H27FIN3. The van der Waals surface area contributed by atoms with Crippen LogP contribution in [-0.2, 0) is 5.41 Å². The molecule has 3 nitrogen and oxygen atoms in total. The molecule has 2 N–H and O–H groups in total. The molecule has 1 aromatic rings. The fourth-order valence-corrected chi connectivity index (χ4v) is 2.68. The fraction of sp³-hybridized carbons (Fsp3) is 0.588. The molecule has 1 aliphatic heterocycles. The molecule has 22 heavy (non-hydrogen) atoms. The molecule has 0 atom stereocenters. The normalized spacial score (nSPS) is 16.9. The number of halogens is 2. The summed E-state index contributed by atoms with van der Waals surface area (Å²) < 4.78 is 13.4. The van der Waals surface area contributed by atoms with Crippen LogP contribution in [0.25, 0.3) is 0 Å². The lowest BCUT2D eigenvalue weighted by atomic mass is 9.85. The number of nitrogens with two attached hydrogens (primary N) is 1. The van der Waals surface area contributed by atoms with Crippen molar-refractivity contribution in [3.8, 4) is 0 Å². The molecule has 1 heterocycles. The minimum atomic E-state index is -0.224. The molecule has 0 radical (unpaired) electrons. The standard InChI is InChI=1S/C17H26FN3.HI/c1-17(2,14-8-7-9-15(18)12-14)13-20-16(19)21-10-5-3-4-6-11-21;/h7-9,12H,3-6,10-11,13H2,1-2H3,(H2,19,20);1H. The average molecular weight is 419 g/mol. The van der Waals surface area contributed by atoms with Gasteiger partial charge in [0.05, 0.1) is 6.54 Å². The van der Waals surface area contributed by atoms with Crippen molar-refractivity contribution in [3.05, 3.63) is 35.6 Å². The van der Waals surface area contributed by atoms with Gasteiger partial charge in [0.15, 0.2) is 5.96 Å². The second-order valence-corrected chi connectivity index (χ2v) is 6.47. The van der Waals surface area contributed by atoms with Crippen molar-refractivity contribution >= 4 is 29.9 Å². The number of hydrogen-bond acceptors (Lipinski definition) is 1. The molecule has 0 aliphatic carbocycles.